The van der Waals surface area contributed by atoms with Crippen LogP contribution in [-0.4, -0.2) is 49.7 Å². The first kappa shape index (κ1) is 20.7. The molecule has 0 unspecified atom stereocenters. The van der Waals surface area contributed by atoms with Crippen LogP contribution in [0.2, 0.25) is 0 Å². The smallest absolute Gasteiger partial charge is 0.870 e. The van der Waals surface area contributed by atoms with Gasteiger partial charge in [0.15, 0.2) is 0 Å². The summed E-state index contributed by atoms with van der Waals surface area (Å²) in [4.78, 5) is 0. The summed E-state index contributed by atoms with van der Waals surface area (Å²) in [5, 5.41) is 15.8. The van der Waals surface area contributed by atoms with Crippen molar-refractivity contribution < 1.29 is 57.8 Å². The van der Waals surface area contributed by atoms with Gasteiger partial charge in [-0.25, -0.2) is 0 Å². The predicted molar refractivity (Wildman–Crippen MR) is 48.2 cm³/mol. The summed E-state index contributed by atoms with van der Waals surface area (Å²) in [7, 11) is -3.05. The standard InChI is InChI=1S/C4H6O2.C3H6O3S.Na.H2O/c5-3-1-2-4-6;4-7(5)3-1-2-6-7;;/h5-6H,3-4H2;1-3H2;;1H2/q;;+1;/p-1. The van der Waals surface area contributed by atoms with Crippen LogP contribution in [0.5, 0.6) is 0 Å². The maximum Gasteiger partial charge on any atom is 1.00 e. The molecule has 0 bridgehead atoms. The molecule has 84 valence electrons. The Morgan fingerprint density at radius 3 is 1.80 bits per heavy atom. The SMILES string of the molecule is O=S1(=O)CCCO1.OCC#CCO.[Na+].[OH-]. The molecule has 0 aromatic rings. The molecule has 0 amide bonds. The Hall–Kier alpha value is 0.350. The first-order valence-corrected chi connectivity index (χ1v) is 5.24. The third-order valence-electron chi connectivity index (χ3n) is 1.08. The minimum atomic E-state index is -3.05. The van der Waals surface area contributed by atoms with E-state index in [4.69, 9.17) is 10.2 Å². The molecule has 1 aliphatic heterocycles. The van der Waals surface area contributed by atoms with Crippen molar-refractivity contribution in [3.8, 4) is 11.8 Å². The van der Waals surface area contributed by atoms with Crippen molar-refractivity contribution >= 4 is 10.1 Å². The molecule has 0 aliphatic carbocycles. The first-order valence-electron chi connectivity index (χ1n) is 3.67. The number of hydrogen-bond donors (Lipinski definition) is 2. The first-order chi connectivity index (χ1) is 6.12. The molecular formula is C7H13NaO6S. The molecule has 0 aromatic carbocycles. The molecule has 3 N–H and O–H groups in total. The molecule has 8 heteroatoms. The Balaban J connectivity index is -0.000000172. The number of hydrogen-bond acceptors (Lipinski definition) is 6. The topological polar surface area (TPSA) is 114 Å². The number of rotatable bonds is 0. The predicted octanol–water partition coefficient (Wildman–Crippen LogP) is -4.46. The van der Waals surface area contributed by atoms with Gasteiger partial charge in [0.25, 0.3) is 10.1 Å². The van der Waals surface area contributed by atoms with Crippen molar-refractivity contribution in [2.75, 3.05) is 25.6 Å². The van der Waals surface area contributed by atoms with Crippen molar-refractivity contribution in [1.82, 2.24) is 0 Å². The summed E-state index contributed by atoms with van der Waals surface area (Å²) in [6.45, 7) is 0.0451. The molecule has 0 saturated carbocycles. The van der Waals surface area contributed by atoms with Crippen LogP contribution in [0.1, 0.15) is 6.42 Å². The molecule has 0 radical (unpaired) electrons. The van der Waals surface area contributed by atoms with Crippen LogP contribution in [0.15, 0.2) is 0 Å². The fourth-order valence-corrected chi connectivity index (χ4v) is 1.55. The molecule has 1 saturated heterocycles. The molecule has 0 atom stereocenters. The summed E-state index contributed by atoms with van der Waals surface area (Å²) >= 11 is 0. The Morgan fingerprint density at radius 2 is 1.67 bits per heavy atom. The van der Waals surface area contributed by atoms with E-state index in [1.54, 1.807) is 0 Å². The molecule has 1 aliphatic rings. The Labute approximate surface area is 111 Å². The normalized spacial score (nSPS) is 15.6. The van der Waals surface area contributed by atoms with E-state index in [1.807, 2.05) is 0 Å². The van der Waals surface area contributed by atoms with Gasteiger partial charge >= 0.3 is 29.6 Å². The molecule has 1 rings (SSSR count). The van der Waals surface area contributed by atoms with E-state index in [-0.39, 0.29) is 54.0 Å². The maximum absolute atomic E-state index is 10.2. The Bertz CT molecular complexity index is 258. The van der Waals surface area contributed by atoms with Crippen LogP contribution in [0.25, 0.3) is 0 Å². The third kappa shape index (κ3) is 14.4. The van der Waals surface area contributed by atoms with Crippen molar-refractivity contribution in [3.05, 3.63) is 0 Å². The van der Waals surface area contributed by atoms with Crippen LogP contribution in [0, 0.1) is 11.8 Å². The van der Waals surface area contributed by atoms with Crippen molar-refractivity contribution in [2.45, 2.75) is 6.42 Å². The summed E-state index contributed by atoms with van der Waals surface area (Å²) < 4.78 is 24.7. The van der Waals surface area contributed by atoms with Crippen molar-refractivity contribution in [3.63, 3.8) is 0 Å². The average molecular weight is 248 g/mol. The zero-order valence-electron chi connectivity index (χ0n) is 8.51. The van der Waals surface area contributed by atoms with Crippen LogP contribution in [0.4, 0.5) is 0 Å². The summed E-state index contributed by atoms with van der Waals surface area (Å²) in [6, 6.07) is 0. The Kier molecular flexibility index (Phi) is 17.2. The van der Waals surface area contributed by atoms with E-state index in [0.29, 0.717) is 13.0 Å². The number of aliphatic hydroxyl groups excluding tert-OH is 2. The van der Waals surface area contributed by atoms with Crippen LogP contribution >= 0.6 is 0 Å². The van der Waals surface area contributed by atoms with Gasteiger partial charge in [0.2, 0.25) is 0 Å². The zero-order chi connectivity index (χ0) is 10.2. The second-order valence-electron chi connectivity index (χ2n) is 2.11. The van der Waals surface area contributed by atoms with Gasteiger partial charge in [-0.1, -0.05) is 11.8 Å². The monoisotopic (exact) mass is 248 g/mol. The van der Waals surface area contributed by atoms with Gasteiger partial charge in [-0.15, -0.1) is 0 Å². The Morgan fingerprint density at radius 1 is 1.20 bits per heavy atom. The van der Waals surface area contributed by atoms with Gasteiger partial charge in [-0.05, 0) is 6.42 Å². The van der Waals surface area contributed by atoms with Crippen LogP contribution < -0.4 is 29.6 Å². The van der Waals surface area contributed by atoms with Crippen molar-refractivity contribution in [1.29, 1.82) is 0 Å². The summed E-state index contributed by atoms with van der Waals surface area (Å²) in [5.41, 5.74) is 0. The maximum atomic E-state index is 10.2. The van der Waals surface area contributed by atoms with Crippen molar-refractivity contribution in [2.24, 2.45) is 0 Å². The second kappa shape index (κ2) is 12.4. The van der Waals surface area contributed by atoms with Gasteiger partial charge in [0, 0.05) is 0 Å². The molecule has 1 heterocycles. The van der Waals surface area contributed by atoms with E-state index < -0.39 is 10.1 Å². The third-order valence-corrected chi connectivity index (χ3v) is 2.40. The molecule has 15 heavy (non-hydrogen) atoms. The molecule has 0 spiro atoms. The minimum absolute atomic E-state index is 0. The fourth-order valence-electron chi connectivity index (χ4n) is 0.592. The zero-order valence-corrected chi connectivity index (χ0v) is 11.3. The summed E-state index contributed by atoms with van der Waals surface area (Å²) in [5.74, 6) is 4.71. The largest absolute Gasteiger partial charge is 1.00 e. The van der Waals surface area contributed by atoms with E-state index in [0.717, 1.165) is 0 Å². The molecule has 0 aromatic heterocycles. The fraction of sp³-hybridized carbons (Fsp3) is 0.714. The second-order valence-corrected chi connectivity index (χ2v) is 3.87. The van der Waals surface area contributed by atoms with Crippen LogP contribution in [0.3, 0.4) is 0 Å². The van der Waals surface area contributed by atoms with Gasteiger partial charge in [-0.2, -0.15) is 8.42 Å². The quantitative estimate of drug-likeness (QED) is 0.254. The number of aliphatic hydroxyl groups is 2. The summed E-state index contributed by atoms with van der Waals surface area (Å²) in [6.07, 6.45) is 0.655. The van der Waals surface area contributed by atoms with Gasteiger partial charge in [0.05, 0.1) is 12.4 Å². The van der Waals surface area contributed by atoms with Gasteiger partial charge < -0.3 is 15.7 Å². The van der Waals surface area contributed by atoms with E-state index in [1.165, 1.54) is 0 Å². The van der Waals surface area contributed by atoms with Gasteiger partial charge in [-0.3, -0.25) is 4.18 Å². The molecular weight excluding hydrogens is 235 g/mol. The van der Waals surface area contributed by atoms with E-state index in [2.05, 4.69) is 16.0 Å². The molecule has 6 nitrogen and oxygen atoms in total. The van der Waals surface area contributed by atoms with Gasteiger partial charge in [0.1, 0.15) is 13.2 Å². The van der Waals surface area contributed by atoms with E-state index in [9.17, 15) is 8.42 Å². The molecule has 1 fully saturated rings. The minimum Gasteiger partial charge on any atom is -0.870 e. The average Bonchev–Trinajstić information content (AvgIpc) is 2.47. The van der Waals surface area contributed by atoms with Crippen LogP contribution in [-0.2, 0) is 14.3 Å². The van der Waals surface area contributed by atoms with E-state index >= 15 is 0 Å².